The quantitative estimate of drug-likeness (QED) is 0.863. The van der Waals surface area contributed by atoms with E-state index in [1.807, 2.05) is 12.1 Å². The molecule has 2 unspecified atom stereocenters. The Hall–Kier alpha value is -2.68. The van der Waals surface area contributed by atoms with Gasteiger partial charge >= 0.3 is 0 Å². The minimum atomic E-state index is 0.449. The number of hydrogen-bond acceptors (Lipinski definition) is 6. The Morgan fingerprint density at radius 1 is 1.08 bits per heavy atom. The SMILES string of the molecule is N#Cc1cccc(N2C3CC2CN(c2cc(C4CC4)ncn2)C3)n1. The fraction of sp³-hybridized carbons (Fsp3) is 0.444. The van der Waals surface area contributed by atoms with Crippen LogP contribution in [0.2, 0.25) is 0 Å². The molecule has 2 atom stereocenters. The number of piperazine rings is 1. The average molecular weight is 318 g/mol. The van der Waals surface area contributed by atoms with Gasteiger partial charge in [-0.2, -0.15) is 5.26 Å². The molecule has 3 aliphatic heterocycles. The highest BCUT2D eigenvalue weighted by Gasteiger charge is 2.45. The summed E-state index contributed by atoms with van der Waals surface area (Å²) in [5.41, 5.74) is 1.68. The lowest BCUT2D eigenvalue weighted by molar-refractivity contribution is 0.288. The van der Waals surface area contributed by atoms with Crippen LogP contribution < -0.4 is 9.80 Å². The van der Waals surface area contributed by atoms with Crippen LogP contribution in [-0.4, -0.2) is 40.1 Å². The van der Waals surface area contributed by atoms with Crippen molar-refractivity contribution in [2.75, 3.05) is 22.9 Å². The third-order valence-electron chi connectivity index (χ3n) is 5.30. The molecule has 120 valence electrons. The van der Waals surface area contributed by atoms with Crippen molar-refractivity contribution in [2.45, 2.75) is 37.3 Å². The summed E-state index contributed by atoms with van der Waals surface area (Å²) >= 11 is 0. The summed E-state index contributed by atoms with van der Waals surface area (Å²) in [5, 5.41) is 9.05. The molecule has 24 heavy (non-hydrogen) atoms. The Balaban J connectivity index is 1.35. The van der Waals surface area contributed by atoms with E-state index in [2.05, 4.69) is 36.9 Å². The van der Waals surface area contributed by atoms with Crippen LogP contribution in [0.15, 0.2) is 30.6 Å². The van der Waals surface area contributed by atoms with Crippen molar-refractivity contribution in [3.05, 3.63) is 42.0 Å². The fourth-order valence-corrected chi connectivity index (χ4v) is 3.94. The van der Waals surface area contributed by atoms with E-state index in [9.17, 15) is 0 Å². The predicted molar refractivity (Wildman–Crippen MR) is 89.8 cm³/mol. The van der Waals surface area contributed by atoms with E-state index < -0.39 is 0 Å². The maximum atomic E-state index is 9.05. The van der Waals surface area contributed by atoms with Crippen molar-refractivity contribution in [1.29, 1.82) is 5.26 Å². The van der Waals surface area contributed by atoms with Crippen LogP contribution in [-0.2, 0) is 0 Å². The molecule has 0 N–H and O–H groups in total. The molecule has 0 radical (unpaired) electrons. The van der Waals surface area contributed by atoms with Gasteiger partial charge in [-0.15, -0.1) is 0 Å². The number of nitrogens with zero attached hydrogens (tertiary/aromatic N) is 6. The Bertz CT molecular complexity index is 812. The maximum Gasteiger partial charge on any atom is 0.142 e. The highest BCUT2D eigenvalue weighted by atomic mass is 15.4. The molecule has 3 saturated heterocycles. The fourth-order valence-electron chi connectivity index (χ4n) is 3.94. The third kappa shape index (κ3) is 2.20. The average Bonchev–Trinajstić information content (AvgIpc) is 3.47. The topological polar surface area (TPSA) is 68.9 Å². The standard InChI is InChI=1S/C18H18N6/c19-8-13-2-1-3-17(22-13)24-14-6-15(24)10-23(9-14)18-7-16(12-4-5-12)20-11-21-18/h1-3,7,11-12,14-15H,4-6,9-10H2. The summed E-state index contributed by atoms with van der Waals surface area (Å²) in [6.07, 6.45) is 5.42. The van der Waals surface area contributed by atoms with Crippen molar-refractivity contribution < 1.29 is 0 Å². The lowest BCUT2D eigenvalue weighted by atomic mass is 9.87. The minimum Gasteiger partial charge on any atom is -0.352 e. The molecule has 0 amide bonds. The lowest BCUT2D eigenvalue weighted by Crippen LogP contribution is -2.69. The van der Waals surface area contributed by atoms with Gasteiger partial charge in [0.15, 0.2) is 0 Å². The molecular weight excluding hydrogens is 300 g/mol. The predicted octanol–water partition coefficient (Wildman–Crippen LogP) is 2.09. The zero-order valence-electron chi connectivity index (χ0n) is 13.3. The molecule has 2 aromatic rings. The van der Waals surface area contributed by atoms with Crippen LogP contribution in [0.25, 0.3) is 0 Å². The van der Waals surface area contributed by atoms with Crippen LogP contribution in [0, 0.1) is 11.3 Å². The van der Waals surface area contributed by atoms with Crippen molar-refractivity contribution >= 4 is 11.6 Å². The summed E-state index contributed by atoms with van der Waals surface area (Å²) < 4.78 is 0. The molecule has 1 saturated carbocycles. The van der Waals surface area contributed by atoms with Gasteiger partial charge in [0, 0.05) is 30.8 Å². The van der Waals surface area contributed by atoms with E-state index in [0.717, 1.165) is 24.7 Å². The summed E-state index contributed by atoms with van der Waals surface area (Å²) in [7, 11) is 0. The molecule has 6 nitrogen and oxygen atoms in total. The first-order chi connectivity index (χ1) is 11.8. The zero-order valence-corrected chi connectivity index (χ0v) is 13.3. The van der Waals surface area contributed by atoms with Crippen LogP contribution in [0.3, 0.4) is 0 Å². The van der Waals surface area contributed by atoms with Gasteiger partial charge in [-0.05, 0) is 31.4 Å². The number of aromatic nitrogens is 3. The van der Waals surface area contributed by atoms with Crippen molar-refractivity contribution in [3.8, 4) is 6.07 Å². The smallest absolute Gasteiger partial charge is 0.142 e. The van der Waals surface area contributed by atoms with Gasteiger partial charge in [0.05, 0.1) is 12.1 Å². The largest absolute Gasteiger partial charge is 0.352 e. The van der Waals surface area contributed by atoms with Gasteiger partial charge in [0.25, 0.3) is 0 Å². The number of piperidine rings is 1. The zero-order chi connectivity index (χ0) is 16.1. The summed E-state index contributed by atoms with van der Waals surface area (Å²) in [6, 6.07) is 10.9. The first kappa shape index (κ1) is 13.7. The molecule has 0 spiro atoms. The minimum absolute atomic E-state index is 0.449. The molecule has 4 fully saturated rings. The Morgan fingerprint density at radius 3 is 2.67 bits per heavy atom. The number of fused-ring (bicyclic) bond motifs is 2. The van der Waals surface area contributed by atoms with E-state index in [1.165, 1.54) is 25.0 Å². The van der Waals surface area contributed by atoms with Crippen LogP contribution in [0.1, 0.15) is 36.6 Å². The van der Waals surface area contributed by atoms with Gasteiger partial charge in [0.2, 0.25) is 0 Å². The second-order valence-corrected chi connectivity index (χ2v) is 6.92. The van der Waals surface area contributed by atoms with Gasteiger partial charge in [-0.25, -0.2) is 15.0 Å². The molecular formula is C18H18N6. The second-order valence-electron chi connectivity index (χ2n) is 6.92. The van der Waals surface area contributed by atoms with Crippen LogP contribution in [0.4, 0.5) is 11.6 Å². The Kier molecular flexibility index (Phi) is 2.96. The number of hydrogen-bond donors (Lipinski definition) is 0. The highest BCUT2D eigenvalue weighted by molar-refractivity contribution is 5.53. The number of pyridine rings is 1. The first-order valence-electron chi connectivity index (χ1n) is 8.54. The normalized spacial score (nSPS) is 25.1. The van der Waals surface area contributed by atoms with E-state index in [4.69, 9.17) is 5.26 Å². The van der Waals surface area contributed by atoms with Gasteiger partial charge in [-0.1, -0.05) is 6.07 Å². The van der Waals surface area contributed by atoms with E-state index in [1.54, 1.807) is 12.4 Å². The van der Waals surface area contributed by atoms with Gasteiger partial charge < -0.3 is 9.80 Å². The van der Waals surface area contributed by atoms with Crippen LogP contribution >= 0.6 is 0 Å². The first-order valence-corrected chi connectivity index (χ1v) is 8.54. The molecule has 6 rings (SSSR count). The van der Waals surface area contributed by atoms with Gasteiger partial charge in [-0.3, -0.25) is 0 Å². The summed E-state index contributed by atoms with van der Waals surface area (Å²) in [4.78, 5) is 18.1. The highest BCUT2D eigenvalue weighted by Crippen LogP contribution is 2.41. The van der Waals surface area contributed by atoms with Crippen molar-refractivity contribution in [3.63, 3.8) is 0 Å². The number of nitriles is 1. The molecule has 4 aliphatic rings. The maximum absolute atomic E-state index is 9.05. The third-order valence-corrected chi connectivity index (χ3v) is 5.30. The number of anilines is 2. The monoisotopic (exact) mass is 318 g/mol. The summed E-state index contributed by atoms with van der Waals surface area (Å²) in [5.74, 6) is 2.64. The van der Waals surface area contributed by atoms with Crippen molar-refractivity contribution in [2.24, 2.45) is 0 Å². The molecule has 6 heteroatoms. The molecule has 5 heterocycles. The van der Waals surface area contributed by atoms with E-state index >= 15 is 0 Å². The molecule has 2 aromatic heterocycles. The van der Waals surface area contributed by atoms with Crippen LogP contribution in [0.5, 0.6) is 0 Å². The molecule has 1 aliphatic carbocycles. The number of rotatable bonds is 3. The molecule has 0 aromatic carbocycles. The Labute approximate surface area is 140 Å². The van der Waals surface area contributed by atoms with E-state index in [-0.39, 0.29) is 0 Å². The molecule has 2 bridgehead atoms. The van der Waals surface area contributed by atoms with Crippen molar-refractivity contribution in [1.82, 2.24) is 15.0 Å². The van der Waals surface area contributed by atoms with Gasteiger partial charge in [0.1, 0.15) is 29.7 Å². The Morgan fingerprint density at radius 2 is 1.92 bits per heavy atom. The lowest BCUT2D eigenvalue weighted by Gasteiger charge is -2.57. The second kappa shape index (κ2) is 5.17. The summed E-state index contributed by atoms with van der Waals surface area (Å²) in [6.45, 7) is 1.91. The van der Waals surface area contributed by atoms with E-state index in [0.29, 0.717) is 23.7 Å².